The number of thioether (sulfide) groups is 1. The lowest BCUT2D eigenvalue weighted by atomic mass is 10.2. The van der Waals surface area contributed by atoms with E-state index in [0.717, 1.165) is 11.3 Å². The summed E-state index contributed by atoms with van der Waals surface area (Å²) in [5, 5.41) is 12.9. The molecule has 0 aliphatic rings. The molecule has 0 aliphatic carbocycles. The third kappa shape index (κ3) is 7.42. The second kappa shape index (κ2) is 8.98. The van der Waals surface area contributed by atoms with Crippen LogP contribution in [0.1, 0.15) is 5.56 Å². The Bertz CT molecular complexity index is 465. The van der Waals surface area contributed by atoms with E-state index in [1.54, 1.807) is 0 Å². The minimum absolute atomic E-state index is 0.210. The summed E-state index contributed by atoms with van der Waals surface area (Å²) in [7, 11) is 0. The Morgan fingerprint density at radius 1 is 1.00 bits per heavy atom. The van der Waals surface area contributed by atoms with Crippen molar-refractivity contribution in [1.82, 2.24) is 10.6 Å². The van der Waals surface area contributed by atoms with E-state index in [0.29, 0.717) is 0 Å². The summed E-state index contributed by atoms with van der Waals surface area (Å²) in [6.45, 7) is -0.657. The van der Waals surface area contributed by atoms with Crippen molar-refractivity contribution in [2.24, 2.45) is 0 Å². The third-order valence-electron chi connectivity index (χ3n) is 2.23. The number of carbonyl (C=O) groups excluding carboxylic acids is 2. The second-order valence-electron chi connectivity index (χ2n) is 3.93. The number of benzene rings is 1. The molecule has 0 radical (unpaired) electrons. The first-order chi connectivity index (χ1) is 9.58. The smallest absolute Gasteiger partial charge is 0.322 e. The van der Waals surface area contributed by atoms with Crippen LogP contribution in [0.3, 0.4) is 0 Å². The van der Waals surface area contributed by atoms with Crippen LogP contribution in [-0.2, 0) is 20.1 Å². The molecule has 108 valence electrons. The molecule has 1 aromatic rings. The van der Waals surface area contributed by atoms with Gasteiger partial charge in [0.2, 0.25) is 11.8 Å². The number of hydrogen-bond acceptors (Lipinski definition) is 4. The molecule has 0 saturated carbocycles. The molecule has 0 spiro atoms. The Morgan fingerprint density at radius 3 is 2.30 bits per heavy atom. The highest BCUT2D eigenvalue weighted by Crippen LogP contribution is 2.10. The third-order valence-corrected chi connectivity index (χ3v) is 3.23. The number of nitrogens with one attached hydrogen (secondary N) is 2. The van der Waals surface area contributed by atoms with Crippen LogP contribution in [-0.4, -0.2) is 41.7 Å². The fourth-order valence-electron chi connectivity index (χ4n) is 1.30. The summed E-state index contributed by atoms with van der Waals surface area (Å²) in [6, 6.07) is 9.75. The van der Waals surface area contributed by atoms with Gasteiger partial charge >= 0.3 is 5.97 Å². The molecule has 2 amide bonds. The molecule has 0 aromatic heterocycles. The van der Waals surface area contributed by atoms with E-state index in [-0.39, 0.29) is 18.2 Å². The molecule has 6 nitrogen and oxygen atoms in total. The Balaban J connectivity index is 2.11. The quantitative estimate of drug-likeness (QED) is 0.638. The summed E-state index contributed by atoms with van der Waals surface area (Å²) >= 11 is 1.45. The highest BCUT2D eigenvalue weighted by molar-refractivity contribution is 7.99. The van der Waals surface area contributed by atoms with E-state index in [1.165, 1.54) is 11.8 Å². The van der Waals surface area contributed by atoms with E-state index in [4.69, 9.17) is 5.11 Å². The molecule has 0 saturated heterocycles. The van der Waals surface area contributed by atoms with Crippen molar-refractivity contribution in [2.45, 2.75) is 5.75 Å². The molecule has 0 unspecified atom stereocenters. The van der Waals surface area contributed by atoms with Crippen LogP contribution >= 0.6 is 11.8 Å². The van der Waals surface area contributed by atoms with Crippen molar-refractivity contribution in [3.63, 3.8) is 0 Å². The summed E-state index contributed by atoms with van der Waals surface area (Å²) in [5.41, 5.74) is 1.13. The monoisotopic (exact) mass is 296 g/mol. The van der Waals surface area contributed by atoms with Gasteiger partial charge in [0.05, 0.1) is 12.3 Å². The zero-order valence-corrected chi connectivity index (χ0v) is 11.6. The van der Waals surface area contributed by atoms with Gasteiger partial charge in [-0.15, -0.1) is 11.8 Å². The maximum absolute atomic E-state index is 11.4. The first-order valence-electron chi connectivity index (χ1n) is 5.95. The van der Waals surface area contributed by atoms with Crippen molar-refractivity contribution < 1.29 is 19.5 Å². The number of carboxylic acids is 1. The fourth-order valence-corrected chi connectivity index (χ4v) is 2.12. The van der Waals surface area contributed by atoms with Gasteiger partial charge in [0, 0.05) is 5.75 Å². The van der Waals surface area contributed by atoms with Crippen LogP contribution in [0.2, 0.25) is 0 Å². The van der Waals surface area contributed by atoms with Gasteiger partial charge in [-0.25, -0.2) is 0 Å². The predicted octanol–water partition coefficient (Wildman–Crippen LogP) is 0.237. The topological polar surface area (TPSA) is 95.5 Å². The Hall–Kier alpha value is -2.02. The minimum Gasteiger partial charge on any atom is -0.480 e. The predicted molar refractivity (Wildman–Crippen MR) is 76.3 cm³/mol. The lowest BCUT2D eigenvalue weighted by Gasteiger charge is -2.05. The second-order valence-corrected chi connectivity index (χ2v) is 4.91. The average molecular weight is 296 g/mol. The van der Waals surface area contributed by atoms with Crippen molar-refractivity contribution in [1.29, 1.82) is 0 Å². The molecular formula is C13H16N2O4S. The molecule has 7 heteroatoms. The minimum atomic E-state index is -1.12. The molecule has 20 heavy (non-hydrogen) atoms. The Labute approximate surface area is 120 Å². The number of amides is 2. The lowest BCUT2D eigenvalue weighted by molar-refractivity contribution is -0.137. The van der Waals surface area contributed by atoms with Gasteiger partial charge in [-0.05, 0) is 5.56 Å². The summed E-state index contributed by atoms with van der Waals surface area (Å²) in [4.78, 5) is 32.8. The number of hydrogen-bond donors (Lipinski definition) is 3. The van der Waals surface area contributed by atoms with Gasteiger partial charge in [-0.2, -0.15) is 0 Å². The standard InChI is InChI=1S/C13H16N2O4S/c16-11(15-7-13(18)19)6-14-12(17)9-20-8-10-4-2-1-3-5-10/h1-5H,6-9H2,(H,14,17)(H,15,16)(H,18,19). The van der Waals surface area contributed by atoms with Gasteiger partial charge in [-0.1, -0.05) is 30.3 Å². The molecule has 0 aliphatic heterocycles. The van der Waals surface area contributed by atoms with E-state index in [2.05, 4.69) is 10.6 Å². The van der Waals surface area contributed by atoms with Crippen molar-refractivity contribution >= 4 is 29.5 Å². The molecule has 3 N–H and O–H groups in total. The van der Waals surface area contributed by atoms with E-state index in [9.17, 15) is 14.4 Å². The first kappa shape index (κ1) is 16.0. The molecule has 0 bridgehead atoms. The highest BCUT2D eigenvalue weighted by Gasteiger charge is 2.06. The maximum Gasteiger partial charge on any atom is 0.322 e. The lowest BCUT2D eigenvalue weighted by Crippen LogP contribution is -2.39. The van der Waals surface area contributed by atoms with Gasteiger partial charge in [0.15, 0.2) is 0 Å². The molecular weight excluding hydrogens is 280 g/mol. The number of aliphatic carboxylic acids is 1. The van der Waals surface area contributed by atoms with E-state index < -0.39 is 18.4 Å². The van der Waals surface area contributed by atoms with E-state index in [1.807, 2.05) is 30.3 Å². The van der Waals surface area contributed by atoms with Gasteiger partial charge < -0.3 is 15.7 Å². The number of rotatable bonds is 8. The summed E-state index contributed by atoms with van der Waals surface area (Å²) < 4.78 is 0. The zero-order valence-electron chi connectivity index (χ0n) is 10.8. The maximum atomic E-state index is 11.4. The van der Waals surface area contributed by atoms with Crippen molar-refractivity contribution in [3.8, 4) is 0 Å². The van der Waals surface area contributed by atoms with Crippen LogP contribution in [0.25, 0.3) is 0 Å². The largest absolute Gasteiger partial charge is 0.480 e. The van der Waals surface area contributed by atoms with Crippen LogP contribution in [0, 0.1) is 0 Å². The number of carboxylic acid groups (broad SMARTS) is 1. The van der Waals surface area contributed by atoms with Gasteiger partial charge in [-0.3, -0.25) is 14.4 Å². The van der Waals surface area contributed by atoms with Crippen LogP contribution in [0.15, 0.2) is 30.3 Å². The van der Waals surface area contributed by atoms with Crippen LogP contribution < -0.4 is 10.6 Å². The molecule has 0 atom stereocenters. The molecule has 0 heterocycles. The average Bonchev–Trinajstić information content (AvgIpc) is 2.44. The summed E-state index contributed by atoms with van der Waals surface area (Å²) in [5.74, 6) is -0.922. The van der Waals surface area contributed by atoms with Gasteiger partial charge in [0.1, 0.15) is 6.54 Å². The molecule has 0 fully saturated rings. The normalized spacial score (nSPS) is 9.80. The summed E-state index contributed by atoms with van der Waals surface area (Å²) in [6.07, 6.45) is 0. The first-order valence-corrected chi connectivity index (χ1v) is 7.10. The van der Waals surface area contributed by atoms with Crippen LogP contribution in [0.5, 0.6) is 0 Å². The molecule has 1 rings (SSSR count). The Morgan fingerprint density at radius 2 is 1.65 bits per heavy atom. The molecule has 1 aromatic carbocycles. The number of carbonyl (C=O) groups is 3. The van der Waals surface area contributed by atoms with Crippen molar-refractivity contribution in [2.75, 3.05) is 18.8 Å². The fraction of sp³-hybridized carbons (Fsp3) is 0.308. The van der Waals surface area contributed by atoms with Crippen molar-refractivity contribution in [3.05, 3.63) is 35.9 Å². The van der Waals surface area contributed by atoms with Gasteiger partial charge in [0.25, 0.3) is 0 Å². The highest BCUT2D eigenvalue weighted by atomic mass is 32.2. The SMILES string of the molecule is O=C(O)CNC(=O)CNC(=O)CSCc1ccccc1. The van der Waals surface area contributed by atoms with E-state index >= 15 is 0 Å². The Kier molecular flexibility index (Phi) is 7.20. The van der Waals surface area contributed by atoms with Crippen LogP contribution in [0.4, 0.5) is 0 Å². The zero-order chi connectivity index (χ0) is 14.8.